The number of rotatable bonds is 6. The Hall–Kier alpha value is -2.31. The first kappa shape index (κ1) is 15.1. The first-order chi connectivity index (χ1) is 9.90. The lowest BCUT2D eigenvalue weighted by atomic mass is 10.1. The van der Waals surface area contributed by atoms with Gasteiger partial charge >= 0.3 is 0 Å². The Kier molecular flexibility index (Phi) is 4.30. The second-order valence-electron chi connectivity index (χ2n) is 4.81. The third-order valence-electron chi connectivity index (χ3n) is 3.22. The molecule has 0 spiro atoms. The third kappa shape index (κ3) is 3.24. The van der Waals surface area contributed by atoms with Crippen molar-refractivity contribution in [1.82, 2.24) is 9.97 Å². The van der Waals surface area contributed by atoms with Crippen molar-refractivity contribution < 1.29 is 18.4 Å². The van der Waals surface area contributed by atoms with E-state index in [9.17, 15) is 18.4 Å². The van der Waals surface area contributed by atoms with Crippen LogP contribution in [0.5, 0.6) is 0 Å². The van der Waals surface area contributed by atoms with Gasteiger partial charge in [0.2, 0.25) is 0 Å². The number of primary amides is 1. The van der Waals surface area contributed by atoms with E-state index in [0.29, 0.717) is 16.6 Å². The van der Waals surface area contributed by atoms with Crippen LogP contribution in [0.1, 0.15) is 34.6 Å². The maximum Gasteiger partial charge on any atom is 0.295 e. The predicted octanol–water partition coefficient (Wildman–Crippen LogP) is 2.13. The lowest BCUT2D eigenvalue weighted by Crippen LogP contribution is -2.14. The summed E-state index contributed by atoms with van der Waals surface area (Å²) in [5.41, 5.74) is 8.11. The van der Waals surface area contributed by atoms with Crippen LogP contribution in [-0.4, -0.2) is 28.1 Å². The lowest BCUT2D eigenvalue weighted by molar-refractivity contribution is -0.129. The van der Waals surface area contributed by atoms with Crippen LogP contribution in [-0.2, 0) is 11.2 Å². The zero-order chi connectivity index (χ0) is 15.6. The van der Waals surface area contributed by atoms with Gasteiger partial charge in [0.05, 0.1) is 11.0 Å². The summed E-state index contributed by atoms with van der Waals surface area (Å²) in [6, 6.07) is 3.56. The summed E-state index contributed by atoms with van der Waals surface area (Å²) in [6.07, 6.45) is -2.70. The fourth-order valence-electron chi connectivity index (χ4n) is 2.22. The number of amides is 1. The Balaban J connectivity index is 2.28. The molecule has 0 saturated carbocycles. The van der Waals surface area contributed by atoms with E-state index in [1.165, 1.54) is 0 Å². The van der Waals surface area contributed by atoms with E-state index in [-0.39, 0.29) is 25.0 Å². The van der Waals surface area contributed by atoms with Gasteiger partial charge in [-0.3, -0.25) is 14.6 Å². The molecule has 21 heavy (non-hydrogen) atoms. The minimum atomic E-state index is -2.95. The minimum Gasteiger partial charge on any atom is -0.364 e. The number of hydrogen-bond acceptors (Lipinski definition) is 3. The SMILES string of the molecule is Cc1ccc2[nH]c(C(N)=O)c(CCCC(=O)C(F)F)c2n1. The fraction of sp³-hybridized carbons (Fsp3) is 0.357. The minimum absolute atomic E-state index is 0.214. The van der Waals surface area contributed by atoms with Gasteiger partial charge in [0.25, 0.3) is 12.3 Å². The molecule has 3 N–H and O–H groups in total. The van der Waals surface area contributed by atoms with E-state index in [1.54, 1.807) is 19.1 Å². The molecule has 7 heteroatoms. The number of Topliss-reactive ketones (excluding diaryl/α,β-unsaturated/α-hetero) is 1. The van der Waals surface area contributed by atoms with Crippen molar-refractivity contribution >= 4 is 22.7 Å². The number of ketones is 1. The van der Waals surface area contributed by atoms with Crippen molar-refractivity contribution in [3.05, 3.63) is 29.1 Å². The van der Waals surface area contributed by atoms with Gasteiger partial charge in [0.15, 0.2) is 5.78 Å². The molecule has 2 heterocycles. The van der Waals surface area contributed by atoms with E-state index in [1.807, 2.05) is 0 Å². The third-order valence-corrected chi connectivity index (χ3v) is 3.22. The van der Waals surface area contributed by atoms with Crippen molar-refractivity contribution in [3.63, 3.8) is 0 Å². The quantitative estimate of drug-likeness (QED) is 0.855. The van der Waals surface area contributed by atoms with Gasteiger partial charge in [0.1, 0.15) is 5.69 Å². The van der Waals surface area contributed by atoms with Crippen LogP contribution in [0.15, 0.2) is 12.1 Å². The zero-order valence-corrected chi connectivity index (χ0v) is 11.5. The highest BCUT2D eigenvalue weighted by Gasteiger charge is 2.19. The first-order valence-corrected chi connectivity index (χ1v) is 6.49. The van der Waals surface area contributed by atoms with Crippen molar-refractivity contribution in [3.8, 4) is 0 Å². The number of aryl methyl sites for hydroxylation is 2. The smallest absolute Gasteiger partial charge is 0.295 e. The standard InChI is InChI=1S/C14H15F2N3O2/c1-7-5-6-9-11(18-7)8(12(19-9)14(17)21)3-2-4-10(20)13(15)16/h5-6,13,19H,2-4H2,1H3,(H2,17,21). The summed E-state index contributed by atoms with van der Waals surface area (Å²) in [6.45, 7) is 1.81. The molecule has 5 nitrogen and oxygen atoms in total. The predicted molar refractivity (Wildman–Crippen MR) is 73.3 cm³/mol. The summed E-state index contributed by atoms with van der Waals surface area (Å²) >= 11 is 0. The molecular weight excluding hydrogens is 280 g/mol. The van der Waals surface area contributed by atoms with Crippen molar-refractivity contribution in [2.45, 2.75) is 32.6 Å². The Morgan fingerprint density at radius 3 is 2.71 bits per heavy atom. The number of carbonyl (C=O) groups excluding carboxylic acids is 2. The molecule has 2 aromatic rings. The average molecular weight is 295 g/mol. The molecular formula is C14H15F2N3O2. The number of nitrogens with two attached hydrogens (primary N) is 1. The average Bonchev–Trinajstić information content (AvgIpc) is 2.77. The Morgan fingerprint density at radius 1 is 1.38 bits per heavy atom. The topological polar surface area (TPSA) is 88.8 Å². The largest absolute Gasteiger partial charge is 0.364 e. The number of alkyl halides is 2. The molecule has 0 fully saturated rings. The molecule has 0 aromatic carbocycles. The van der Waals surface area contributed by atoms with Crippen LogP contribution < -0.4 is 5.73 Å². The molecule has 2 aromatic heterocycles. The molecule has 1 amide bonds. The monoisotopic (exact) mass is 295 g/mol. The number of fused-ring (bicyclic) bond motifs is 1. The summed E-state index contributed by atoms with van der Waals surface area (Å²) < 4.78 is 24.3. The highest BCUT2D eigenvalue weighted by Crippen LogP contribution is 2.23. The van der Waals surface area contributed by atoms with Gasteiger partial charge in [-0.2, -0.15) is 0 Å². The van der Waals surface area contributed by atoms with Gasteiger partial charge in [-0.25, -0.2) is 8.78 Å². The molecule has 0 radical (unpaired) electrons. The van der Waals surface area contributed by atoms with E-state index in [2.05, 4.69) is 9.97 Å². The van der Waals surface area contributed by atoms with Gasteiger partial charge in [0, 0.05) is 17.7 Å². The number of nitrogens with zero attached hydrogens (tertiary/aromatic N) is 1. The molecule has 0 unspecified atom stereocenters. The van der Waals surface area contributed by atoms with E-state index in [0.717, 1.165) is 5.69 Å². The van der Waals surface area contributed by atoms with E-state index < -0.39 is 18.1 Å². The molecule has 112 valence electrons. The highest BCUT2D eigenvalue weighted by atomic mass is 19.3. The van der Waals surface area contributed by atoms with Gasteiger partial charge in [-0.15, -0.1) is 0 Å². The molecule has 0 atom stereocenters. The number of carbonyl (C=O) groups is 2. The molecule has 0 aliphatic heterocycles. The van der Waals surface area contributed by atoms with Gasteiger partial charge in [-0.1, -0.05) is 0 Å². The number of nitrogens with one attached hydrogen (secondary N) is 1. The number of halogens is 2. The van der Waals surface area contributed by atoms with Crippen LogP contribution in [0.4, 0.5) is 8.78 Å². The van der Waals surface area contributed by atoms with Crippen LogP contribution in [0, 0.1) is 6.92 Å². The normalized spacial score (nSPS) is 11.2. The Labute approximate surface area is 119 Å². The highest BCUT2D eigenvalue weighted by molar-refractivity contribution is 5.99. The number of aromatic nitrogens is 2. The Bertz CT molecular complexity index is 695. The van der Waals surface area contributed by atoms with Gasteiger partial charge in [-0.05, 0) is 31.9 Å². The van der Waals surface area contributed by atoms with E-state index >= 15 is 0 Å². The fourth-order valence-corrected chi connectivity index (χ4v) is 2.22. The van der Waals surface area contributed by atoms with Crippen LogP contribution >= 0.6 is 0 Å². The number of aromatic amines is 1. The maximum atomic E-state index is 12.2. The molecule has 0 bridgehead atoms. The number of pyridine rings is 1. The lowest BCUT2D eigenvalue weighted by Gasteiger charge is -2.02. The zero-order valence-electron chi connectivity index (χ0n) is 11.5. The van der Waals surface area contributed by atoms with Crippen LogP contribution in [0.3, 0.4) is 0 Å². The summed E-state index contributed by atoms with van der Waals surface area (Å²) in [5.74, 6) is -1.74. The maximum absolute atomic E-state index is 12.2. The van der Waals surface area contributed by atoms with Crippen LogP contribution in [0.25, 0.3) is 11.0 Å². The molecule has 0 saturated heterocycles. The van der Waals surface area contributed by atoms with Crippen molar-refractivity contribution in [2.75, 3.05) is 0 Å². The summed E-state index contributed by atoms with van der Waals surface area (Å²) in [7, 11) is 0. The number of hydrogen-bond donors (Lipinski definition) is 2. The molecule has 0 aliphatic carbocycles. The molecule has 2 rings (SSSR count). The number of H-pyrrole nitrogens is 1. The van der Waals surface area contributed by atoms with E-state index in [4.69, 9.17) is 5.73 Å². The molecule has 0 aliphatic rings. The Morgan fingerprint density at radius 2 is 2.10 bits per heavy atom. The summed E-state index contributed by atoms with van der Waals surface area (Å²) in [5, 5.41) is 0. The first-order valence-electron chi connectivity index (χ1n) is 6.49. The second kappa shape index (κ2) is 5.99. The van der Waals surface area contributed by atoms with Crippen LogP contribution in [0.2, 0.25) is 0 Å². The van der Waals surface area contributed by atoms with Crippen molar-refractivity contribution in [1.29, 1.82) is 0 Å². The van der Waals surface area contributed by atoms with Crippen molar-refractivity contribution in [2.24, 2.45) is 5.73 Å². The van der Waals surface area contributed by atoms with Gasteiger partial charge < -0.3 is 10.7 Å². The summed E-state index contributed by atoms with van der Waals surface area (Å²) in [4.78, 5) is 29.6. The second-order valence-corrected chi connectivity index (χ2v) is 4.81.